The van der Waals surface area contributed by atoms with Crippen LogP contribution < -0.4 is 10.1 Å². The van der Waals surface area contributed by atoms with Gasteiger partial charge in [-0.15, -0.1) is 12.4 Å². The van der Waals surface area contributed by atoms with E-state index in [0.717, 1.165) is 19.4 Å². The van der Waals surface area contributed by atoms with Gasteiger partial charge in [-0.3, -0.25) is 4.79 Å². The lowest BCUT2D eigenvalue weighted by Gasteiger charge is -2.32. The molecule has 0 bridgehead atoms. The minimum absolute atomic E-state index is 0. The molecule has 3 rings (SSSR count). The number of hydrogen-bond acceptors (Lipinski definition) is 6. The zero-order chi connectivity index (χ0) is 16.9. The van der Waals surface area contributed by atoms with E-state index >= 15 is 0 Å². The number of nitrogens with zero attached hydrogens (tertiary/aromatic N) is 3. The third-order valence-electron chi connectivity index (χ3n) is 4.16. The summed E-state index contributed by atoms with van der Waals surface area (Å²) in [6.45, 7) is 3.38. The summed E-state index contributed by atoms with van der Waals surface area (Å²) < 4.78 is 10.7. The van der Waals surface area contributed by atoms with Crippen LogP contribution in [0, 0.1) is 6.92 Å². The monoisotopic (exact) mass is 366 g/mol. The molecule has 1 atom stereocenters. The van der Waals surface area contributed by atoms with E-state index in [1.807, 2.05) is 24.1 Å². The minimum Gasteiger partial charge on any atom is -0.485 e. The second kappa shape index (κ2) is 8.82. The average molecular weight is 367 g/mol. The van der Waals surface area contributed by atoms with Gasteiger partial charge in [-0.05, 0) is 32.0 Å². The Morgan fingerprint density at radius 2 is 2.24 bits per heavy atom. The lowest BCUT2D eigenvalue weighted by molar-refractivity contribution is 0.0693. The van der Waals surface area contributed by atoms with Crippen LogP contribution in [0.1, 0.15) is 34.9 Å². The topological polar surface area (TPSA) is 80.5 Å². The van der Waals surface area contributed by atoms with Crippen LogP contribution in [0.25, 0.3) is 0 Å². The number of rotatable bonds is 5. The lowest BCUT2D eigenvalue weighted by atomic mass is 10.0. The number of para-hydroxylation sites is 1. The third kappa shape index (κ3) is 4.70. The molecule has 0 spiro atoms. The van der Waals surface area contributed by atoms with E-state index in [1.54, 1.807) is 19.1 Å². The number of nitrogens with one attached hydrogen (secondary N) is 1. The molecule has 0 radical (unpaired) electrons. The number of likely N-dealkylation sites (N-methyl/N-ethyl adjacent to an activating group) is 1. The number of carbonyl (C=O) groups is 1. The highest BCUT2D eigenvalue weighted by molar-refractivity contribution is 5.97. The average Bonchev–Trinajstić information content (AvgIpc) is 3.05. The highest BCUT2D eigenvalue weighted by Gasteiger charge is 2.25. The van der Waals surface area contributed by atoms with Gasteiger partial charge in [0.05, 0.1) is 5.56 Å². The molecule has 0 aliphatic carbocycles. The number of aryl methyl sites for hydroxylation is 1. The van der Waals surface area contributed by atoms with Gasteiger partial charge < -0.3 is 19.5 Å². The van der Waals surface area contributed by atoms with Crippen LogP contribution in [0.4, 0.5) is 0 Å². The Labute approximate surface area is 153 Å². The Bertz CT molecular complexity index is 707. The molecule has 1 unspecified atom stereocenters. The van der Waals surface area contributed by atoms with Crippen LogP contribution in [-0.4, -0.2) is 47.1 Å². The van der Waals surface area contributed by atoms with Gasteiger partial charge in [0.1, 0.15) is 5.75 Å². The van der Waals surface area contributed by atoms with E-state index in [0.29, 0.717) is 35.6 Å². The highest BCUT2D eigenvalue weighted by atomic mass is 35.5. The highest BCUT2D eigenvalue weighted by Crippen LogP contribution is 2.22. The van der Waals surface area contributed by atoms with Gasteiger partial charge in [-0.2, -0.15) is 4.98 Å². The number of ether oxygens (including phenoxy) is 1. The summed E-state index contributed by atoms with van der Waals surface area (Å²) in [4.78, 5) is 18.9. The molecule has 25 heavy (non-hydrogen) atoms. The zero-order valence-corrected chi connectivity index (χ0v) is 15.2. The number of benzene rings is 1. The predicted octanol–water partition coefficient (Wildman–Crippen LogP) is 2.20. The van der Waals surface area contributed by atoms with Crippen molar-refractivity contribution in [3.8, 4) is 5.75 Å². The molecular weight excluding hydrogens is 344 g/mol. The van der Waals surface area contributed by atoms with Crippen LogP contribution in [0.2, 0.25) is 0 Å². The van der Waals surface area contributed by atoms with Gasteiger partial charge >= 0.3 is 0 Å². The third-order valence-corrected chi connectivity index (χ3v) is 4.16. The Kier molecular flexibility index (Phi) is 6.78. The van der Waals surface area contributed by atoms with E-state index in [4.69, 9.17) is 9.26 Å². The zero-order valence-electron chi connectivity index (χ0n) is 14.4. The fourth-order valence-corrected chi connectivity index (χ4v) is 2.88. The number of amides is 1. The molecule has 0 saturated carbocycles. The second-order valence-corrected chi connectivity index (χ2v) is 5.89. The molecule has 1 aromatic heterocycles. The molecule has 136 valence electrons. The van der Waals surface area contributed by atoms with E-state index in [2.05, 4.69) is 15.5 Å². The van der Waals surface area contributed by atoms with E-state index < -0.39 is 0 Å². The van der Waals surface area contributed by atoms with Crippen molar-refractivity contribution in [3.05, 3.63) is 41.5 Å². The minimum atomic E-state index is -0.00478. The van der Waals surface area contributed by atoms with Crippen LogP contribution >= 0.6 is 12.4 Å². The summed E-state index contributed by atoms with van der Waals surface area (Å²) in [5, 5.41) is 7.05. The molecule has 1 aromatic carbocycles. The first-order valence-electron chi connectivity index (χ1n) is 8.15. The van der Waals surface area contributed by atoms with E-state index in [-0.39, 0.29) is 24.9 Å². The van der Waals surface area contributed by atoms with Gasteiger partial charge in [-0.25, -0.2) is 0 Å². The fraction of sp³-hybridized carbons (Fsp3) is 0.471. The first-order chi connectivity index (χ1) is 11.7. The van der Waals surface area contributed by atoms with Crippen LogP contribution in [-0.2, 0) is 6.61 Å². The number of piperidine rings is 1. The van der Waals surface area contributed by atoms with Crippen molar-refractivity contribution in [1.29, 1.82) is 0 Å². The summed E-state index contributed by atoms with van der Waals surface area (Å²) in [6, 6.07) is 7.62. The van der Waals surface area contributed by atoms with Gasteiger partial charge in [0.25, 0.3) is 5.91 Å². The maximum atomic E-state index is 12.9. The van der Waals surface area contributed by atoms with Gasteiger partial charge in [0.2, 0.25) is 11.7 Å². The van der Waals surface area contributed by atoms with Crippen molar-refractivity contribution in [2.75, 3.05) is 20.1 Å². The quantitative estimate of drug-likeness (QED) is 0.873. The fourth-order valence-electron chi connectivity index (χ4n) is 2.88. The SMILES string of the molecule is CNC1CCCN(C(=O)c2ccccc2OCc2noc(C)n2)C1.Cl. The molecular formula is C17H23ClN4O3. The van der Waals surface area contributed by atoms with Gasteiger partial charge in [0.15, 0.2) is 6.61 Å². The van der Waals surface area contributed by atoms with Crippen molar-refractivity contribution in [3.63, 3.8) is 0 Å². The molecule has 7 nitrogen and oxygen atoms in total. The number of halogens is 1. The summed E-state index contributed by atoms with van der Waals surface area (Å²) in [6.07, 6.45) is 2.10. The van der Waals surface area contributed by atoms with E-state index in [9.17, 15) is 4.79 Å². The Balaban J connectivity index is 0.00000225. The molecule has 8 heteroatoms. The molecule has 1 aliphatic rings. The predicted molar refractivity (Wildman–Crippen MR) is 95.0 cm³/mol. The maximum absolute atomic E-state index is 12.9. The molecule has 2 heterocycles. The van der Waals surface area contributed by atoms with Crippen LogP contribution in [0.3, 0.4) is 0 Å². The van der Waals surface area contributed by atoms with Crippen LogP contribution in [0.15, 0.2) is 28.8 Å². The number of carbonyl (C=O) groups excluding carboxylic acids is 1. The second-order valence-electron chi connectivity index (χ2n) is 5.89. The lowest BCUT2D eigenvalue weighted by Crippen LogP contribution is -2.47. The molecule has 1 N–H and O–H groups in total. The summed E-state index contributed by atoms with van der Waals surface area (Å²) >= 11 is 0. The summed E-state index contributed by atoms with van der Waals surface area (Å²) in [5.74, 6) is 1.48. The summed E-state index contributed by atoms with van der Waals surface area (Å²) in [5.41, 5.74) is 0.564. The number of likely N-dealkylation sites (tertiary alicyclic amines) is 1. The van der Waals surface area contributed by atoms with Crippen molar-refractivity contribution >= 4 is 18.3 Å². The smallest absolute Gasteiger partial charge is 0.257 e. The first-order valence-corrected chi connectivity index (χ1v) is 8.15. The standard InChI is InChI=1S/C17H22N4O3.ClH/c1-12-19-16(20-24-12)11-23-15-8-4-3-7-14(15)17(22)21-9-5-6-13(10-21)18-2;/h3-4,7-8,13,18H,5-6,9-11H2,1-2H3;1H. The normalized spacial score (nSPS) is 17.0. The van der Waals surface area contributed by atoms with Crippen molar-refractivity contribution in [2.45, 2.75) is 32.4 Å². The van der Waals surface area contributed by atoms with E-state index in [1.165, 1.54) is 0 Å². The Morgan fingerprint density at radius 3 is 2.96 bits per heavy atom. The van der Waals surface area contributed by atoms with Crippen molar-refractivity contribution < 1.29 is 14.1 Å². The largest absolute Gasteiger partial charge is 0.485 e. The Hall–Kier alpha value is -2.12. The molecule has 1 saturated heterocycles. The molecule has 2 aromatic rings. The van der Waals surface area contributed by atoms with Gasteiger partial charge in [-0.1, -0.05) is 17.3 Å². The van der Waals surface area contributed by atoms with Crippen LogP contribution in [0.5, 0.6) is 5.75 Å². The first kappa shape index (κ1) is 19.2. The molecule has 1 aliphatic heterocycles. The number of aromatic nitrogens is 2. The van der Waals surface area contributed by atoms with Crippen molar-refractivity contribution in [1.82, 2.24) is 20.4 Å². The Morgan fingerprint density at radius 1 is 1.44 bits per heavy atom. The van der Waals surface area contributed by atoms with Crippen molar-refractivity contribution in [2.24, 2.45) is 0 Å². The summed E-state index contributed by atoms with van der Waals surface area (Å²) in [7, 11) is 1.93. The molecule has 1 fully saturated rings. The maximum Gasteiger partial charge on any atom is 0.257 e. The number of hydrogen-bond donors (Lipinski definition) is 1. The molecule has 1 amide bonds. The van der Waals surface area contributed by atoms with Gasteiger partial charge in [0, 0.05) is 26.1 Å².